The predicted octanol–water partition coefficient (Wildman–Crippen LogP) is 3.29. The number of nitriles is 1. The Hall–Kier alpha value is -1.57. The monoisotopic (exact) mass is 291 g/mol. The van der Waals surface area contributed by atoms with Gasteiger partial charge in [0.2, 0.25) is 0 Å². The fourth-order valence-corrected chi connectivity index (χ4v) is 2.66. The molecule has 0 radical (unpaired) electrons. The van der Waals surface area contributed by atoms with Crippen molar-refractivity contribution in [3.8, 4) is 6.07 Å². The van der Waals surface area contributed by atoms with Gasteiger partial charge in [-0.2, -0.15) is 5.26 Å². The van der Waals surface area contributed by atoms with E-state index in [-0.39, 0.29) is 6.04 Å². The molecule has 1 heterocycles. The Kier molecular flexibility index (Phi) is 4.99. The van der Waals surface area contributed by atoms with E-state index in [1.54, 1.807) is 13.2 Å². The number of fused-ring (bicyclic) bond motifs is 1. The number of imidazole rings is 1. The van der Waals surface area contributed by atoms with Gasteiger partial charge in [-0.25, -0.2) is 4.98 Å². The molecule has 4 nitrogen and oxygen atoms in total. The number of hydrogen-bond donors (Lipinski definition) is 0. The summed E-state index contributed by atoms with van der Waals surface area (Å²) in [6.07, 6.45) is 1.62. The molecule has 0 aliphatic carbocycles. The number of methoxy groups -OCH3 is 1. The number of rotatable bonds is 6. The van der Waals surface area contributed by atoms with Crippen molar-refractivity contribution >= 4 is 22.6 Å². The molecule has 2 aromatic rings. The Bertz CT molecular complexity index is 630. The second kappa shape index (κ2) is 6.74. The van der Waals surface area contributed by atoms with Crippen molar-refractivity contribution in [1.29, 1.82) is 5.26 Å². The fourth-order valence-electron chi connectivity index (χ4n) is 2.49. The predicted molar refractivity (Wildman–Crippen MR) is 80.1 cm³/mol. The molecule has 0 N–H and O–H groups in total. The minimum atomic E-state index is 0.206. The smallest absolute Gasteiger partial charge is 0.111 e. The van der Waals surface area contributed by atoms with Gasteiger partial charge in [0.15, 0.2) is 0 Å². The minimum Gasteiger partial charge on any atom is -0.383 e. The molecule has 0 bridgehead atoms. The lowest BCUT2D eigenvalue weighted by molar-refractivity contribution is 0.153. The highest BCUT2D eigenvalue weighted by molar-refractivity contribution is 6.17. The van der Waals surface area contributed by atoms with Gasteiger partial charge in [0, 0.05) is 19.4 Å². The van der Waals surface area contributed by atoms with Gasteiger partial charge in [-0.3, -0.25) is 0 Å². The Morgan fingerprint density at radius 3 is 2.90 bits per heavy atom. The third-order valence-electron chi connectivity index (χ3n) is 3.43. The number of aromatic nitrogens is 2. The molecule has 0 saturated carbocycles. The van der Waals surface area contributed by atoms with Gasteiger partial charge >= 0.3 is 0 Å². The van der Waals surface area contributed by atoms with Crippen molar-refractivity contribution in [2.24, 2.45) is 0 Å². The number of benzene rings is 1. The van der Waals surface area contributed by atoms with Gasteiger partial charge in [0.25, 0.3) is 0 Å². The number of halogens is 1. The first-order valence-corrected chi connectivity index (χ1v) is 7.25. The quantitative estimate of drug-likeness (QED) is 0.767. The van der Waals surface area contributed by atoms with E-state index in [1.807, 2.05) is 12.1 Å². The maximum Gasteiger partial charge on any atom is 0.111 e. The summed E-state index contributed by atoms with van der Waals surface area (Å²) >= 11 is 5.88. The first-order chi connectivity index (χ1) is 9.76. The fraction of sp³-hybridized carbons (Fsp3) is 0.467. The Morgan fingerprint density at radius 2 is 2.30 bits per heavy atom. The van der Waals surface area contributed by atoms with Crippen LogP contribution in [0.2, 0.25) is 0 Å². The molecular weight excluding hydrogens is 274 g/mol. The van der Waals surface area contributed by atoms with Gasteiger partial charge in [-0.1, -0.05) is 13.0 Å². The van der Waals surface area contributed by atoms with Crippen molar-refractivity contribution < 1.29 is 4.74 Å². The van der Waals surface area contributed by atoms with Gasteiger partial charge < -0.3 is 9.30 Å². The third-order valence-corrected chi connectivity index (χ3v) is 3.62. The van der Waals surface area contributed by atoms with Crippen LogP contribution in [0.1, 0.15) is 30.8 Å². The van der Waals surface area contributed by atoms with E-state index in [0.29, 0.717) is 24.5 Å². The zero-order chi connectivity index (χ0) is 14.5. The maximum atomic E-state index is 9.21. The summed E-state index contributed by atoms with van der Waals surface area (Å²) in [6.45, 7) is 2.74. The number of para-hydroxylation sites is 1. The second-order valence-corrected chi connectivity index (χ2v) is 5.02. The van der Waals surface area contributed by atoms with Crippen molar-refractivity contribution in [1.82, 2.24) is 9.55 Å². The van der Waals surface area contributed by atoms with Crippen LogP contribution in [0.4, 0.5) is 0 Å². The molecule has 1 atom stereocenters. The average molecular weight is 292 g/mol. The molecule has 20 heavy (non-hydrogen) atoms. The molecule has 1 aromatic heterocycles. The van der Waals surface area contributed by atoms with E-state index in [4.69, 9.17) is 16.3 Å². The highest BCUT2D eigenvalue weighted by Crippen LogP contribution is 2.26. The molecule has 0 spiro atoms. The zero-order valence-corrected chi connectivity index (χ0v) is 12.5. The van der Waals surface area contributed by atoms with E-state index in [0.717, 1.165) is 23.3 Å². The first kappa shape index (κ1) is 14.8. The van der Waals surface area contributed by atoms with Crippen LogP contribution in [0.5, 0.6) is 0 Å². The molecule has 2 rings (SSSR count). The zero-order valence-electron chi connectivity index (χ0n) is 11.8. The number of aryl methyl sites for hydroxylation is 1. The molecule has 106 valence electrons. The van der Waals surface area contributed by atoms with Crippen LogP contribution < -0.4 is 0 Å². The summed E-state index contributed by atoms with van der Waals surface area (Å²) < 4.78 is 7.48. The Balaban J connectivity index is 2.65. The lowest BCUT2D eigenvalue weighted by Gasteiger charge is -2.19. The van der Waals surface area contributed by atoms with Gasteiger partial charge in [-0.05, 0) is 18.6 Å². The van der Waals surface area contributed by atoms with E-state index < -0.39 is 0 Å². The molecule has 0 saturated heterocycles. The van der Waals surface area contributed by atoms with E-state index in [2.05, 4.69) is 22.5 Å². The molecular formula is C15H18ClN3O. The SMILES string of the molecule is CCC(COC)n1c(CCCl)nc2c(C#N)cccc21. The summed E-state index contributed by atoms with van der Waals surface area (Å²) in [5.41, 5.74) is 2.34. The van der Waals surface area contributed by atoms with E-state index >= 15 is 0 Å². The standard InChI is InChI=1S/C15H18ClN3O/c1-3-12(10-20-2)19-13-6-4-5-11(9-17)15(13)18-14(19)7-8-16/h4-6,12H,3,7-8,10H2,1-2H3. The van der Waals surface area contributed by atoms with Crippen LogP contribution in [-0.2, 0) is 11.2 Å². The minimum absolute atomic E-state index is 0.206. The van der Waals surface area contributed by atoms with E-state index in [9.17, 15) is 5.26 Å². The molecule has 0 fully saturated rings. The van der Waals surface area contributed by atoms with Gasteiger partial charge in [0.1, 0.15) is 17.4 Å². The van der Waals surface area contributed by atoms with Gasteiger partial charge in [0.05, 0.1) is 23.7 Å². The molecule has 5 heteroatoms. The van der Waals surface area contributed by atoms with Crippen molar-refractivity contribution in [3.63, 3.8) is 0 Å². The summed E-state index contributed by atoms with van der Waals surface area (Å²) in [6, 6.07) is 8.09. The van der Waals surface area contributed by atoms with Crippen LogP contribution in [0, 0.1) is 11.3 Å². The maximum absolute atomic E-state index is 9.21. The normalized spacial score (nSPS) is 12.5. The average Bonchev–Trinajstić information content (AvgIpc) is 2.83. The number of hydrogen-bond acceptors (Lipinski definition) is 3. The van der Waals surface area contributed by atoms with E-state index in [1.165, 1.54) is 0 Å². The molecule has 0 aliphatic rings. The second-order valence-electron chi connectivity index (χ2n) is 4.64. The number of nitrogens with zero attached hydrogens (tertiary/aromatic N) is 3. The first-order valence-electron chi connectivity index (χ1n) is 6.71. The third kappa shape index (κ3) is 2.65. The Labute approximate surface area is 123 Å². The van der Waals surface area contributed by atoms with Crippen LogP contribution in [0.3, 0.4) is 0 Å². The molecule has 0 aliphatic heterocycles. The summed E-state index contributed by atoms with van der Waals surface area (Å²) in [7, 11) is 1.70. The molecule has 1 unspecified atom stereocenters. The van der Waals surface area contributed by atoms with Crippen LogP contribution in [0.25, 0.3) is 11.0 Å². The highest BCUT2D eigenvalue weighted by atomic mass is 35.5. The lowest BCUT2D eigenvalue weighted by Crippen LogP contribution is -2.16. The van der Waals surface area contributed by atoms with Crippen molar-refractivity contribution in [2.75, 3.05) is 19.6 Å². The topological polar surface area (TPSA) is 50.8 Å². The largest absolute Gasteiger partial charge is 0.383 e. The van der Waals surface area contributed by atoms with Crippen LogP contribution in [0.15, 0.2) is 18.2 Å². The van der Waals surface area contributed by atoms with Crippen molar-refractivity contribution in [2.45, 2.75) is 25.8 Å². The van der Waals surface area contributed by atoms with Crippen molar-refractivity contribution in [3.05, 3.63) is 29.6 Å². The molecule has 0 amide bonds. The highest BCUT2D eigenvalue weighted by Gasteiger charge is 2.19. The number of alkyl halides is 1. The Morgan fingerprint density at radius 1 is 1.50 bits per heavy atom. The summed E-state index contributed by atoms with van der Waals surface area (Å²) in [5.74, 6) is 1.43. The molecule has 1 aromatic carbocycles. The summed E-state index contributed by atoms with van der Waals surface area (Å²) in [4.78, 5) is 4.62. The lowest BCUT2D eigenvalue weighted by atomic mass is 10.2. The van der Waals surface area contributed by atoms with Gasteiger partial charge in [-0.15, -0.1) is 11.6 Å². The van der Waals surface area contributed by atoms with Crippen LogP contribution >= 0.6 is 11.6 Å². The number of ether oxygens (including phenoxy) is 1. The summed E-state index contributed by atoms with van der Waals surface area (Å²) in [5, 5.41) is 9.21. The van der Waals surface area contributed by atoms with Crippen LogP contribution in [-0.4, -0.2) is 29.1 Å².